The molecule has 1 aliphatic carbocycles. The molecule has 7 heteroatoms. The van der Waals surface area contributed by atoms with Gasteiger partial charge in [0.2, 0.25) is 0 Å². The number of ether oxygens (including phenoxy) is 1. The first-order valence-corrected chi connectivity index (χ1v) is 14.7. The molecule has 1 heterocycles. The zero-order valence-corrected chi connectivity index (χ0v) is 23.9. The van der Waals surface area contributed by atoms with Crippen LogP contribution in [0, 0.1) is 5.92 Å². The summed E-state index contributed by atoms with van der Waals surface area (Å²) in [5.74, 6) is 1.02. The van der Waals surface area contributed by atoms with E-state index in [-0.39, 0.29) is 13.0 Å². The second-order valence-corrected chi connectivity index (χ2v) is 11.0. The number of alkyl carbamates (subject to hydrolysis) is 1. The molecule has 1 fully saturated rings. The number of carboxylic acid groups (broad SMARTS) is 1. The molecule has 3 aromatic carbocycles. The van der Waals surface area contributed by atoms with E-state index in [9.17, 15) is 14.7 Å². The van der Waals surface area contributed by atoms with E-state index in [1.807, 2.05) is 67.0 Å². The Morgan fingerprint density at radius 1 is 0.833 bits per heavy atom. The molecule has 1 saturated carbocycles. The highest BCUT2D eigenvalue weighted by molar-refractivity contribution is 5.80. The van der Waals surface area contributed by atoms with Gasteiger partial charge in [-0.1, -0.05) is 92.2 Å². The first-order valence-electron chi connectivity index (χ1n) is 14.7. The zero-order valence-electron chi connectivity index (χ0n) is 23.9. The van der Waals surface area contributed by atoms with E-state index in [1.165, 1.54) is 37.7 Å². The number of aliphatic carboxylic acids is 1. The number of benzene rings is 3. The van der Waals surface area contributed by atoms with Crippen molar-refractivity contribution in [1.29, 1.82) is 0 Å². The standard InChI is InChI=1S/C35H37N3O4/c1-2-24-8-12-27(13-9-24)28-16-18-29(19-17-28)31-21-36-33(37-22-31)30-14-10-25(11-15-30)20-32(34(39)40)38-35(41)42-23-26-6-4-3-5-7-26/h3-7,10-11,14-19,21-22,24,27,32H,2,8-9,12-13,20,23H2,1H3,(H,38,41)(H,39,40). The van der Waals surface area contributed by atoms with Crippen molar-refractivity contribution in [3.05, 3.63) is 108 Å². The summed E-state index contributed by atoms with van der Waals surface area (Å²) in [5.41, 5.74) is 5.89. The van der Waals surface area contributed by atoms with Crippen molar-refractivity contribution in [1.82, 2.24) is 15.3 Å². The number of hydrogen-bond donors (Lipinski definition) is 2. The minimum atomic E-state index is -1.13. The van der Waals surface area contributed by atoms with Crippen LogP contribution in [0.1, 0.15) is 61.6 Å². The maximum Gasteiger partial charge on any atom is 0.408 e. The lowest BCUT2D eigenvalue weighted by Gasteiger charge is -2.28. The van der Waals surface area contributed by atoms with Gasteiger partial charge in [0.15, 0.2) is 5.82 Å². The first-order chi connectivity index (χ1) is 20.5. The highest BCUT2D eigenvalue weighted by atomic mass is 16.5. The van der Waals surface area contributed by atoms with Gasteiger partial charge in [-0.25, -0.2) is 19.6 Å². The minimum Gasteiger partial charge on any atom is -0.480 e. The molecular formula is C35H37N3O4. The van der Waals surface area contributed by atoms with Crippen molar-refractivity contribution in [3.8, 4) is 22.5 Å². The average molecular weight is 564 g/mol. The first kappa shape index (κ1) is 29.0. The lowest BCUT2D eigenvalue weighted by atomic mass is 9.78. The summed E-state index contributed by atoms with van der Waals surface area (Å²) < 4.78 is 5.18. The molecule has 0 saturated heterocycles. The van der Waals surface area contributed by atoms with Gasteiger partial charge in [-0.2, -0.15) is 0 Å². The Morgan fingerprint density at radius 3 is 2.10 bits per heavy atom. The van der Waals surface area contributed by atoms with Crippen LogP contribution >= 0.6 is 0 Å². The van der Waals surface area contributed by atoms with E-state index in [2.05, 4.69) is 46.5 Å². The number of aromatic nitrogens is 2. The van der Waals surface area contributed by atoms with Crippen molar-refractivity contribution < 1.29 is 19.4 Å². The van der Waals surface area contributed by atoms with Crippen molar-refractivity contribution in [2.75, 3.05) is 0 Å². The minimum absolute atomic E-state index is 0.0672. The SMILES string of the molecule is CCC1CCC(c2ccc(-c3cnc(-c4ccc(CC(NC(=O)OCc5ccccc5)C(=O)O)cc4)nc3)cc2)CC1. The molecule has 1 aromatic heterocycles. The van der Waals surface area contributed by atoms with Gasteiger partial charge in [-0.15, -0.1) is 0 Å². The molecule has 5 rings (SSSR count). The summed E-state index contributed by atoms with van der Waals surface area (Å²) in [5, 5.41) is 12.1. The fourth-order valence-electron chi connectivity index (χ4n) is 5.61. The van der Waals surface area contributed by atoms with E-state index >= 15 is 0 Å². The van der Waals surface area contributed by atoms with E-state index in [1.54, 1.807) is 0 Å². The predicted molar refractivity (Wildman–Crippen MR) is 163 cm³/mol. The molecule has 2 N–H and O–H groups in total. The van der Waals surface area contributed by atoms with Crippen LogP contribution < -0.4 is 5.32 Å². The topological polar surface area (TPSA) is 101 Å². The van der Waals surface area contributed by atoms with Crippen molar-refractivity contribution in [2.45, 2.75) is 64.0 Å². The fourth-order valence-corrected chi connectivity index (χ4v) is 5.61. The van der Waals surface area contributed by atoms with Crippen molar-refractivity contribution in [3.63, 3.8) is 0 Å². The second-order valence-electron chi connectivity index (χ2n) is 11.0. The molecule has 4 aromatic rings. The van der Waals surface area contributed by atoms with Gasteiger partial charge in [-0.05, 0) is 59.8 Å². The van der Waals surface area contributed by atoms with Gasteiger partial charge in [0.25, 0.3) is 0 Å². The van der Waals surface area contributed by atoms with Gasteiger partial charge >= 0.3 is 12.1 Å². The normalized spacial score (nSPS) is 17.3. The summed E-state index contributed by atoms with van der Waals surface area (Å²) in [6.07, 6.45) is 9.54. The number of nitrogens with zero attached hydrogens (tertiary/aromatic N) is 2. The Bertz CT molecular complexity index is 1450. The number of carbonyl (C=O) groups is 2. The van der Waals surface area contributed by atoms with Crippen LogP contribution in [0.25, 0.3) is 22.5 Å². The third-order valence-corrected chi connectivity index (χ3v) is 8.25. The Hall–Kier alpha value is -4.52. The van der Waals surface area contributed by atoms with E-state index in [0.29, 0.717) is 11.7 Å². The smallest absolute Gasteiger partial charge is 0.408 e. The van der Waals surface area contributed by atoms with Gasteiger partial charge in [0, 0.05) is 29.9 Å². The largest absolute Gasteiger partial charge is 0.480 e. The summed E-state index contributed by atoms with van der Waals surface area (Å²) in [7, 11) is 0. The van der Waals surface area contributed by atoms with E-state index in [0.717, 1.165) is 33.7 Å². The highest BCUT2D eigenvalue weighted by Crippen LogP contribution is 2.37. The number of carboxylic acids is 1. The molecule has 0 radical (unpaired) electrons. The predicted octanol–water partition coefficient (Wildman–Crippen LogP) is 7.42. The Morgan fingerprint density at radius 2 is 1.48 bits per heavy atom. The average Bonchev–Trinajstić information content (AvgIpc) is 3.04. The molecule has 1 unspecified atom stereocenters. The lowest BCUT2D eigenvalue weighted by molar-refractivity contribution is -0.139. The van der Waals surface area contributed by atoms with Crippen LogP contribution in [-0.4, -0.2) is 33.2 Å². The van der Waals surface area contributed by atoms with Gasteiger partial charge in [-0.3, -0.25) is 0 Å². The lowest BCUT2D eigenvalue weighted by Crippen LogP contribution is -2.42. The van der Waals surface area contributed by atoms with Crippen molar-refractivity contribution in [2.24, 2.45) is 5.92 Å². The van der Waals surface area contributed by atoms with Crippen LogP contribution in [0.3, 0.4) is 0 Å². The molecule has 1 amide bonds. The summed E-state index contributed by atoms with van der Waals surface area (Å²) in [6.45, 7) is 2.37. The third kappa shape index (κ3) is 7.60. The number of nitrogens with one attached hydrogen (secondary N) is 1. The van der Waals surface area contributed by atoms with Crippen LogP contribution in [0.15, 0.2) is 91.3 Å². The maximum atomic E-state index is 12.2. The summed E-state index contributed by atoms with van der Waals surface area (Å²) in [4.78, 5) is 33.1. The second kappa shape index (κ2) is 13.9. The molecular weight excluding hydrogens is 526 g/mol. The van der Waals surface area contributed by atoms with Crippen LogP contribution in [0.2, 0.25) is 0 Å². The van der Waals surface area contributed by atoms with Gasteiger partial charge in [0.1, 0.15) is 12.6 Å². The molecule has 42 heavy (non-hydrogen) atoms. The van der Waals surface area contributed by atoms with Gasteiger partial charge < -0.3 is 15.2 Å². The molecule has 0 bridgehead atoms. The number of carbonyl (C=O) groups excluding carboxylic acids is 1. The van der Waals surface area contributed by atoms with Crippen LogP contribution in [0.4, 0.5) is 4.79 Å². The highest BCUT2D eigenvalue weighted by Gasteiger charge is 2.22. The number of amides is 1. The zero-order chi connectivity index (χ0) is 29.3. The summed E-state index contributed by atoms with van der Waals surface area (Å²) in [6, 6.07) is 24.3. The fraction of sp³-hybridized carbons (Fsp3) is 0.314. The number of rotatable bonds is 10. The van der Waals surface area contributed by atoms with E-state index in [4.69, 9.17) is 4.74 Å². The van der Waals surface area contributed by atoms with Gasteiger partial charge in [0.05, 0.1) is 0 Å². The monoisotopic (exact) mass is 563 g/mol. The molecule has 0 aliphatic heterocycles. The summed E-state index contributed by atoms with van der Waals surface area (Å²) >= 11 is 0. The molecule has 7 nitrogen and oxygen atoms in total. The molecule has 1 atom stereocenters. The molecule has 1 aliphatic rings. The molecule has 216 valence electrons. The third-order valence-electron chi connectivity index (χ3n) is 8.25. The number of hydrogen-bond acceptors (Lipinski definition) is 5. The van der Waals surface area contributed by atoms with Crippen LogP contribution in [-0.2, 0) is 22.6 Å². The Balaban J connectivity index is 1.16. The maximum absolute atomic E-state index is 12.2. The Kier molecular flexibility index (Phi) is 9.59. The van der Waals surface area contributed by atoms with E-state index < -0.39 is 18.1 Å². The Labute approximate surface area is 247 Å². The van der Waals surface area contributed by atoms with Crippen molar-refractivity contribution >= 4 is 12.1 Å². The van der Waals surface area contributed by atoms with Crippen LogP contribution in [0.5, 0.6) is 0 Å². The molecule has 0 spiro atoms. The quantitative estimate of drug-likeness (QED) is 0.208.